The summed E-state index contributed by atoms with van der Waals surface area (Å²) in [5, 5.41) is 3.00. The summed E-state index contributed by atoms with van der Waals surface area (Å²) in [6, 6.07) is 6.12. The van der Waals surface area contributed by atoms with Crippen LogP contribution in [0.2, 0.25) is 0 Å². The number of ether oxygens (including phenoxy) is 1. The first-order chi connectivity index (χ1) is 11.6. The van der Waals surface area contributed by atoms with Gasteiger partial charge in [0.05, 0.1) is 6.10 Å². The van der Waals surface area contributed by atoms with E-state index in [1.54, 1.807) is 4.90 Å². The van der Waals surface area contributed by atoms with Gasteiger partial charge in [0.1, 0.15) is 0 Å². The quantitative estimate of drug-likeness (QED) is 0.907. The number of carbonyl (C=O) groups is 1. The lowest BCUT2D eigenvalue weighted by Crippen LogP contribution is -2.37. The molecule has 132 valence electrons. The van der Waals surface area contributed by atoms with Gasteiger partial charge in [0.2, 0.25) is 0 Å². The number of hydrogen-bond acceptors (Lipinski definition) is 4. The van der Waals surface area contributed by atoms with E-state index >= 15 is 0 Å². The van der Waals surface area contributed by atoms with E-state index in [2.05, 4.69) is 29.3 Å². The maximum Gasteiger partial charge on any atom is 0.321 e. The first-order valence-corrected chi connectivity index (χ1v) is 9.86. The molecule has 0 spiro atoms. The van der Waals surface area contributed by atoms with Crippen LogP contribution in [0.15, 0.2) is 18.2 Å². The van der Waals surface area contributed by atoms with Gasteiger partial charge in [-0.3, -0.25) is 0 Å². The Kier molecular flexibility index (Phi) is 5.89. The number of rotatable bonds is 4. The third-order valence-electron chi connectivity index (χ3n) is 4.65. The monoisotopic (exact) mass is 349 g/mol. The fourth-order valence-corrected chi connectivity index (χ4v) is 4.19. The number of benzene rings is 1. The Balaban J connectivity index is 1.58. The smallest absolute Gasteiger partial charge is 0.321 e. The highest BCUT2D eigenvalue weighted by Gasteiger charge is 2.20. The maximum absolute atomic E-state index is 12.3. The normalized spacial score (nSPS) is 20.9. The average Bonchev–Trinajstić information content (AvgIpc) is 3.08. The lowest BCUT2D eigenvalue weighted by atomic mass is 10.1. The Hall–Kier alpha value is -1.40. The second-order valence-corrected chi connectivity index (χ2v) is 7.77. The Morgan fingerprint density at radius 1 is 1.42 bits per heavy atom. The number of nitrogens with zero attached hydrogens (tertiary/aromatic N) is 2. The third-order valence-corrected chi connectivity index (χ3v) is 5.59. The molecule has 1 N–H and O–H groups in total. The summed E-state index contributed by atoms with van der Waals surface area (Å²) in [6.07, 6.45) is 2.32. The summed E-state index contributed by atoms with van der Waals surface area (Å²) in [6.45, 7) is 5.77. The molecule has 0 radical (unpaired) electrons. The zero-order chi connectivity index (χ0) is 16.9. The first kappa shape index (κ1) is 17.4. The molecule has 0 aliphatic carbocycles. The highest BCUT2D eigenvalue weighted by molar-refractivity contribution is 7.99. The molecule has 0 bridgehead atoms. The molecule has 1 atom stereocenters. The molecule has 0 saturated carbocycles. The van der Waals surface area contributed by atoms with Crippen LogP contribution in [0.1, 0.15) is 18.4 Å². The number of carbonyl (C=O) groups excluding carboxylic acids is 1. The van der Waals surface area contributed by atoms with Crippen LogP contribution in [0, 0.1) is 6.92 Å². The van der Waals surface area contributed by atoms with Crippen molar-refractivity contribution in [2.75, 3.05) is 55.0 Å². The van der Waals surface area contributed by atoms with Gasteiger partial charge < -0.3 is 19.9 Å². The summed E-state index contributed by atoms with van der Waals surface area (Å²) >= 11 is 2.01. The highest BCUT2D eigenvalue weighted by Crippen LogP contribution is 2.26. The van der Waals surface area contributed by atoms with E-state index in [9.17, 15) is 4.79 Å². The van der Waals surface area contributed by atoms with E-state index < -0.39 is 0 Å². The fourth-order valence-electron chi connectivity index (χ4n) is 3.29. The van der Waals surface area contributed by atoms with Gasteiger partial charge >= 0.3 is 6.03 Å². The van der Waals surface area contributed by atoms with Crippen LogP contribution in [-0.4, -0.2) is 61.8 Å². The van der Waals surface area contributed by atoms with Gasteiger partial charge in [0.15, 0.2) is 0 Å². The summed E-state index contributed by atoms with van der Waals surface area (Å²) in [4.78, 5) is 16.5. The van der Waals surface area contributed by atoms with Gasteiger partial charge in [-0.1, -0.05) is 0 Å². The standard InChI is InChI=1S/C18H27N3O2S/c1-14-12-15(5-6-17(14)21-7-10-24-11-8-21)19-18(22)20(2)13-16-4-3-9-23-16/h5-6,12,16H,3-4,7-11,13H2,1-2H3,(H,19,22)/t16-/m1/s1. The van der Waals surface area contributed by atoms with Crippen LogP contribution in [0.4, 0.5) is 16.2 Å². The van der Waals surface area contributed by atoms with Crippen molar-refractivity contribution >= 4 is 29.2 Å². The van der Waals surface area contributed by atoms with Crippen molar-refractivity contribution in [1.82, 2.24) is 4.90 Å². The van der Waals surface area contributed by atoms with Crippen molar-refractivity contribution in [1.29, 1.82) is 0 Å². The van der Waals surface area contributed by atoms with E-state index in [4.69, 9.17) is 4.74 Å². The third kappa shape index (κ3) is 4.36. The van der Waals surface area contributed by atoms with E-state index in [-0.39, 0.29) is 12.1 Å². The van der Waals surface area contributed by atoms with Crippen molar-refractivity contribution < 1.29 is 9.53 Å². The zero-order valence-electron chi connectivity index (χ0n) is 14.6. The fraction of sp³-hybridized carbons (Fsp3) is 0.611. The molecule has 6 heteroatoms. The summed E-state index contributed by atoms with van der Waals surface area (Å²) in [7, 11) is 1.82. The minimum Gasteiger partial charge on any atom is -0.376 e. The lowest BCUT2D eigenvalue weighted by Gasteiger charge is -2.30. The molecule has 24 heavy (non-hydrogen) atoms. The molecule has 1 aromatic carbocycles. The largest absolute Gasteiger partial charge is 0.376 e. The molecule has 5 nitrogen and oxygen atoms in total. The number of urea groups is 1. The molecular weight excluding hydrogens is 322 g/mol. The van der Waals surface area contributed by atoms with Gasteiger partial charge in [0, 0.05) is 56.2 Å². The average molecular weight is 350 g/mol. The van der Waals surface area contributed by atoms with Crippen LogP contribution in [-0.2, 0) is 4.74 Å². The van der Waals surface area contributed by atoms with Crippen molar-refractivity contribution in [3.8, 4) is 0 Å². The molecule has 2 aliphatic heterocycles. The predicted octanol–water partition coefficient (Wildman–Crippen LogP) is 3.19. The Bertz CT molecular complexity index is 569. The summed E-state index contributed by atoms with van der Waals surface area (Å²) in [5.74, 6) is 2.37. The number of nitrogens with one attached hydrogen (secondary N) is 1. The first-order valence-electron chi connectivity index (χ1n) is 8.70. The number of amides is 2. The molecule has 1 aromatic rings. The maximum atomic E-state index is 12.3. The molecule has 3 rings (SSSR count). The summed E-state index contributed by atoms with van der Waals surface area (Å²) < 4.78 is 5.60. The Labute approximate surface area is 148 Å². The molecule has 2 saturated heterocycles. The minimum absolute atomic E-state index is 0.0768. The second-order valence-electron chi connectivity index (χ2n) is 6.55. The van der Waals surface area contributed by atoms with E-state index in [0.29, 0.717) is 6.54 Å². The topological polar surface area (TPSA) is 44.8 Å². The minimum atomic E-state index is -0.0768. The second kappa shape index (κ2) is 8.12. The Morgan fingerprint density at radius 3 is 2.88 bits per heavy atom. The predicted molar refractivity (Wildman–Crippen MR) is 101 cm³/mol. The van der Waals surface area contributed by atoms with Crippen molar-refractivity contribution in [3.63, 3.8) is 0 Å². The SMILES string of the molecule is Cc1cc(NC(=O)N(C)C[C@H]2CCCO2)ccc1N1CCSCC1. The van der Waals surface area contributed by atoms with Crippen molar-refractivity contribution in [3.05, 3.63) is 23.8 Å². The lowest BCUT2D eigenvalue weighted by molar-refractivity contribution is 0.0894. The van der Waals surface area contributed by atoms with E-state index in [1.165, 1.54) is 22.8 Å². The van der Waals surface area contributed by atoms with Crippen LogP contribution < -0.4 is 10.2 Å². The highest BCUT2D eigenvalue weighted by atomic mass is 32.2. The molecule has 0 unspecified atom stereocenters. The van der Waals surface area contributed by atoms with Crippen molar-refractivity contribution in [2.45, 2.75) is 25.9 Å². The summed E-state index contributed by atoms with van der Waals surface area (Å²) in [5.41, 5.74) is 3.34. The Morgan fingerprint density at radius 2 is 2.21 bits per heavy atom. The van der Waals surface area contributed by atoms with Gasteiger partial charge in [-0.05, 0) is 43.5 Å². The van der Waals surface area contributed by atoms with Gasteiger partial charge in [-0.25, -0.2) is 4.79 Å². The van der Waals surface area contributed by atoms with Crippen molar-refractivity contribution in [2.24, 2.45) is 0 Å². The van der Waals surface area contributed by atoms with Gasteiger partial charge in [-0.2, -0.15) is 11.8 Å². The molecule has 0 aromatic heterocycles. The molecule has 2 aliphatic rings. The van der Waals surface area contributed by atoms with E-state index in [0.717, 1.165) is 38.2 Å². The number of anilines is 2. The molecule has 2 heterocycles. The molecule has 2 fully saturated rings. The molecular formula is C18H27N3O2S. The number of aryl methyl sites for hydroxylation is 1. The van der Waals surface area contributed by atoms with Crippen LogP contribution >= 0.6 is 11.8 Å². The number of thioether (sulfide) groups is 1. The number of likely N-dealkylation sites (N-methyl/N-ethyl adjacent to an activating group) is 1. The zero-order valence-corrected chi connectivity index (χ0v) is 15.4. The van der Waals surface area contributed by atoms with E-state index in [1.807, 2.05) is 24.9 Å². The molecule has 2 amide bonds. The van der Waals surface area contributed by atoms with Gasteiger partial charge in [-0.15, -0.1) is 0 Å². The van der Waals surface area contributed by atoms with Crippen LogP contribution in [0.3, 0.4) is 0 Å². The number of hydrogen-bond donors (Lipinski definition) is 1. The van der Waals surface area contributed by atoms with Gasteiger partial charge in [0.25, 0.3) is 0 Å². The van der Waals surface area contributed by atoms with Crippen LogP contribution in [0.25, 0.3) is 0 Å². The van der Waals surface area contributed by atoms with Crippen LogP contribution in [0.5, 0.6) is 0 Å².